The van der Waals surface area contributed by atoms with E-state index >= 15 is 0 Å². The Morgan fingerprint density at radius 3 is 2.46 bits per heavy atom. The van der Waals surface area contributed by atoms with E-state index in [0.29, 0.717) is 29.9 Å². The maximum Gasteiger partial charge on any atom is 0.416 e. The second-order valence-electron chi connectivity index (χ2n) is 8.55. The van der Waals surface area contributed by atoms with E-state index < -0.39 is 29.5 Å². The predicted octanol–water partition coefficient (Wildman–Crippen LogP) is 5.58. The summed E-state index contributed by atoms with van der Waals surface area (Å²) < 4.78 is 44.8. The zero-order valence-corrected chi connectivity index (χ0v) is 18.6. The Kier molecular flexibility index (Phi) is 5.39. The number of rotatable bonds is 3. The van der Waals surface area contributed by atoms with Gasteiger partial charge >= 0.3 is 6.18 Å². The summed E-state index contributed by atoms with van der Waals surface area (Å²) in [6.07, 6.45) is -3.89. The molecule has 3 aromatic rings. The first-order valence-corrected chi connectivity index (χ1v) is 11.0. The van der Waals surface area contributed by atoms with Gasteiger partial charge in [-0.3, -0.25) is 14.5 Å². The van der Waals surface area contributed by atoms with Gasteiger partial charge in [-0.2, -0.15) is 13.2 Å². The number of ether oxygens (including phenoxy) is 1. The predicted molar refractivity (Wildman–Crippen MR) is 123 cm³/mol. The van der Waals surface area contributed by atoms with Crippen molar-refractivity contribution in [2.24, 2.45) is 0 Å². The van der Waals surface area contributed by atoms with Crippen molar-refractivity contribution in [1.82, 2.24) is 0 Å². The average molecular weight is 479 g/mol. The number of carbonyl (C=O) groups excluding carboxylic acids is 2. The molecule has 0 spiro atoms. The third-order valence-corrected chi connectivity index (χ3v) is 6.24. The molecular weight excluding hydrogens is 459 g/mol. The number of Topliss-reactive ketones (excluding diaryl/α,β-unsaturated/α-hetero) is 1. The lowest BCUT2D eigenvalue weighted by molar-refractivity contribution is -0.137. The third kappa shape index (κ3) is 3.95. The van der Waals surface area contributed by atoms with E-state index in [1.165, 1.54) is 0 Å². The van der Waals surface area contributed by atoms with Crippen LogP contribution in [0.2, 0.25) is 0 Å². The number of halogens is 3. The fourth-order valence-corrected chi connectivity index (χ4v) is 4.55. The Labute approximate surface area is 199 Å². The van der Waals surface area contributed by atoms with Crippen molar-refractivity contribution >= 4 is 23.1 Å². The molecule has 1 fully saturated rings. The van der Waals surface area contributed by atoms with Crippen LogP contribution in [0.4, 0.5) is 18.9 Å². The fraction of sp³-hybridized carbons (Fsp3) is 0.185. The van der Waals surface area contributed by atoms with E-state index in [0.717, 1.165) is 40.3 Å². The van der Waals surface area contributed by atoms with Crippen LogP contribution >= 0.6 is 0 Å². The second kappa shape index (κ2) is 8.30. The first-order valence-electron chi connectivity index (χ1n) is 11.0. The number of nitrogens with zero attached hydrogens (tertiary/aromatic N) is 1. The molecule has 0 saturated carbocycles. The monoisotopic (exact) mass is 479 g/mol. The summed E-state index contributed by atoms with van der Waals surface area (Å²) in [5, 5.41) is 11.2. The molecular formula is C27H20F3NO4. The highest BCUT2D eigenvalue weighted by Gasteiger charge is 2.47. The van der Waals surface area contributed by atoms with Crippen molar-refractivity contribution < 1.29 is 32.6 Å². The number of aliphatic hydroxyl groups excluding tert-OH is 1. The number of aliphatic hydroxyl groups is 1. The molecule has 1 amide bonds. The molecule has 2 aliphatic heterocycles. The van der Waals surface area contributed by atoms with Crippen LogP contribution in [0, 0.1) is 6.92 Å². The molecule has 1 unspecified atom stereocenters. The minimum atomic E-state index is -4.54. The van der Waals surface area contributed by atoms with Crippen LogP contribution in [-0.2, 0) is 22.2 Å². The van der Waals surface area contributed by atoms with Crippen molar-refractivity contribution in [2.45, 2.75) is 25.6 Å². The van der Waals surface area contributed by atoms with Crippen LogP contribution in [-0.4, -0.2) is 23.4 Å². The smallest absolute Gasteiger partial charge is 0.416 e. The Morgan fingerprint density at radius 2 is 1.77 bits per heavy atom. The summed E-state index contributed by atoms with van der Waals surface area (Å²) in [6, 6.07) is 15.1. The van der Waals surface area contributed by atoms with Gasteiger partial charge in [-0.15, -0.1) is 0 Å². The minimum absolute atomic E-state index is 0.119. The number of hydrogen-bond donors (Lipinski definition) is 1. The lowest BCUT2D eigenvalue weighted by Gasteiger charge is -2.26. The largest absolute Gasteiger partial charge is 0.507 e. The van der Waals surface area contributed by atoms with E-state index in [1.54, 1.807) is 36.4 Å². The van der Waals surface area contributed by atoms with Gasteiger partial charge < -0.3 is 9.84 Å². The number of ketones is 1. The van der Waals surface area contributed by atoms with Crippen molar-refractivity contribution in [3.05, 3.63) is 100 Å². The van der Waals surface area contributed by atoms with Gasteiger partial charge in [0.25, 0.3) is 11.7 Å². The Bertz CT molecular complexity index is 1380. The molecule has 5 nitrogen and oxygen atoms in total. The molecule has 1 N–H and O–H groups in total. The van der Waals surface area contributed by atoms with E-state index in [4.69, 9.17) is 4.74 Å². The molecule has 0 aromatic heterocycles. The summed E-state index contributed by atoms with van der Waals surface area (Å²) in [7, 11) is 0. The van der Waals surface area contributed by atoms with Crippen molar-refractivity contribution in [3.8, 4) is 5.75 Å². The molecule has 8 heteroatoms. The van der Waals surface area contributed by atoms with Crippen LogP contribution in [0.3, 0.4) is 0 Å². The summed E-state index contributed by atoms with van der Waals surface area (Å²) >= 11 is 0. The standard InChI is InChI=1S/C27H20F3NO4/c1-15-3-2-4-17(13-15)23-22(24(32)18-5-10-21-16(14-18)11-12-35-21)25(33)26(34)31(23)20-8-6-19(7-9-20)27(28,29)30/h2-10,13-14,23,32H,11-12H2,1H3/b24-22-. The summed E-state index contributed by atoms with van der Waals surface area (Å²) in [4.78, 5) is 27.5. The zero-order chi connectivity index (χ0) is 24.9. The molecule has 5 rings (SSSR count). The van der Waals surface area contributed by atoms with Crippen LogP contribution in [0.5, 0.6) is 5.75 Å². The topological polar surface area (TPSA) is 66.8 Å². The normalized spacial score (nSPS) is 19.1. The van der Waals surface area contributed by atoms with Gasteiger partial charge in [-0.25, -0.2) is 0 Å². The second-order valence-corrected chi connectivity index (χ2v) is 8.55. The van der Waals surface area contributed by atoms with Gasteiger partial charge in [0.15, 0.2) is 0 Å². The Balaban J connectivity index is 1.67. The SMILES string of the molecule is Cc1cccc(C2/C(=C(/O)c3ccc4c(c3)CCO4)C(=O)C(=O)N2c2ccc(C(F)(F)F)cc2)c1. The van der Waals surface area contributed by atoms with Gasteiger partial charge in [-0.1, -0.05) is 29.8 Å². The molecule has 1 atom stereocenters. The van der Waals surface area contributed by atoms with E-state index in [9.17, 15) is 27.9 Å². The van der Waals surface area contributed by atoms with Crippen LogP contribution in [0.25, 0.3) is 5.76 Å². The molecule has 0 aliphatic carbocycles. The van der Waals surface area contributed by atoms with Gasteiger partial charge in [0.1, 0.15) is 11.5 Å². The zero-order valence-electron chi connectivity index (χ0n) is 18.6. The Morgan fingerprint density at radius 1 is 1.03 bits per heavy atom. The van der Waals surface area contributed by atoms with E-state index in [2.05, 4.69) is 0 Å². The highest BCUT2D eigenvalue weighted by atomic mass is 19.4. The molecule has 35 heavy (non-hydrogen) atoms. The van der Waals surface area contributed by atoms with Crippen molar-refractivity contribution in [1.29, 1.82) is 0 Å². The lowest BCUT2D eigenvalue weighted by Crippen LogP contribution is -2.29. The first kappa shape index (κ1) is 22.7. The highest BCUT2D eigenvalue weighted by molar-refractivity contribution is 6.51. The first-order chi connectivity index (χ1) is 16.6. The van der Waals surface area contributed by atoms with Gasteiger partial charge in [0.05, 0.1) is 23.8 Å². The molecule has 2 heterocycles. The minimum Gasteiger partial charge on any atom is -0.507 e. The van der Waals surface area contributed by atoms with E-state index in [1.807, 2.05) is 13.0 Å². The number of amides is 1. The fourth-order valence-electron chi connectivity index (χ4n) is 4.55. The number of anilines is 1. The van der Waals surface area contributed by atoms with E-state index in [-0.39, 0.29) is 17.0 Å². The number of carbonyl (C=O) groups is 2. The number of alkyl halides is 3. The van der Waals surface area contributed by atoms with Gasteiger partial charge in [-0.05, 0) is 60.5 Å². The van der Waals surface area contributed by atoms with Crippen LogP contribution in [0.1, 0.15) is 33.9 Å². The van der Waals surface area contributed by atoms with Crippen LogP contribution in [0.15, 0.2) is 72.3 Å². The third-order valence-electron chi connectivity index (χ3n) is 6.24. The molecule has 1 saturated heterocycles. The maximum atomic E-state index is 13.2. The summed E-state index contributed by atoms with van der Waals surface area (Å²) in [5.74, 6) is -1.49. The van der Waals surface area contributed by atoms with Gasteiger partial charge in [0, 0.05) is 17.7 Å². The molecule has 178 valence electrons. The molecule has 0 bridgehead atoms. The number of aryl methyl sites for hydroxylation is 1. The number of hydrogen-bond acceptors (Lipinski definition) is 4. The number of benzene rings is 3. The van der Waals surface area contributed by atoms with Crippen molar-refractivity contribution in [2.75, 3.05) is 11.5 Å². The number of fused-ring (bicyclic) bond motifs is 1. The maximum absolute atomic E-state index is 13.2. The quantitative estimate of drug-likeness (QED) is 0.303. The summed E-state index contributed by atoms with van der Waals surface area (Å²) in [6.45, 7) is 2.36. The molecule has 2 aliphatic rings. The molecule has 0 radical (unpaired) electrons. The molecule has 3 aromatic carbocycles. The van der Waals surface area contributed by atoms with Crippen molar-refractivity contribution in [3.63, 3.8) is 0 Å². The van der Waals surface area contributed by atoms with Crippen LogP contribution < -0.4 is 9.64 Å². The summed E-state index contributed by atoms with van der Waals surface area (Å²) in [5.41, 5.74) is 1.76. The Hall–Kier alpha value is -4.07. The van der Waals surface area contributed by atoms with Gasteiger partial charge in [0.2, 0.25) is 0 Å². The lowest BCUT2D eigenvalue weighted by atomic mass is 9.93. The average Bonchev–Trinajstić information content (AvgIpc) is 3.40. The highest BCUT2D eigenvalue weighted by Crippen LogP contribution is 2.43.